The summed E-state index contributed by atoms with van der Waals surface area (Å²) in [6.07, 6.45) is 2.70. The number of carbonyl (C=O) groups is 1. The molecular weight excluding hydrogens is 374 g/mol. The number of amides is 1. The van der Waals surface area contributed by atoms with E-state index in [1.165, 1.54) is 5.56 Å². The topological polar surface area (TPSA) is 47.4 Å². The predicted molar refractivity (Wildman–Crippen MR) is 120 cm³/mol. The maximum absolute atomic E-state index is 12.5. The molecular formula is C25H31N3O2. The number of para-hydroxylation sites is 2. The summed E-state index contributed by atoms with van der Waals surface area (Å²) < 4.78 is 8.35. The van der Waals surface area contributed by atoms with Crippen molar-refractivity contribution in [2.75, 3.05) is 19.7 Å². The Hall–Kier alpha value is -2.82. The van der Waals surface area contributed by atoms with E-state index in [2.05, 4.69) is 43.5 Å². The second-order valence-electron chi connectivity index (χ2n) is 8.32. The molecule has 5 nitrogen and oxygen atoms in total. The minimum atomic E-state index is 0.142. The molecule has 1 atom stereocenters. The van der Waals surface area contributed by atoms with Crippen molar-refractivity contribution in [3.8, 4) is 5.75 Å². The van der Waals surface area contributed by atoms with Crippen LogP contribution < -0.4 is 4.74 Å². The Balaban J connectivity index is 1.54. The van der Waals surface area contributed by atoms with E-state index < -0.39 is 0 Å². The first-order chi connectivity index (χ1) is 14.6. The van der Waals surface area contributed by atoms with Gasteiger partial charge < -0.3 is 14.2 Å². The first kappa shape index (κ1) is 20.5. The smallest absolute Gasteiger partial charge is 0.223 e. The largest absolute Gasteiger partial charge is 0.491 e. The molecule has 0 radical (unpaired) electrons. The quantitative estimate of drug-likeness (QED) is 0.538. The summed E-state index contributed by atoms with van der Waals surface area (Å²) in [5.74, 6) is 2.32. The monoisotopic (exact) mass is 405 g/mol. The molecule has 1 saturated heterocycles. The maximum atomic E-state index is 12.5. The lowest BCUT2D eigenvalue weighted by molar-refractivity contribution is -0.127. The van der Waals surface area contributed by atoms with Crippen molar-refractivity contribution in [2.24, 2.45) is 0 Å². The molecule has 0 saturated carbocycles. The van der Waals surface area contributed by atoms with E-state index in [0.29, 0.717) is 19.6 Å². The number of fused-ring (bicyclic) bond motifs is 1. The van der Waals surface area contributed by atoms with Crippen molar-refractivity contribution in [3.63, 3.8) is 0 Å². The first-order valence-electron chi connectivity index (χ1n) is 11.0. The zero-order valence-corrected chi connectivity index (χ0v) is 18.2. The van der Waals surface area contributed by atoms with E-state index in [9.17, 15) is 4.79 Å². The van der Waals surface area contributed by atoms with Crippen LogP contribution in [0.25, 0.3) is 11.0 Å². The summed E-state index contributed by atoms with van der Waals surface area (Å²) in [6.45, 7) is 9.22. The number of ether oxygens (including phenoxy) is 1. The lowest BCUT2D eigenvalue weighted by atomic mass is 10.1. The van der Waals surface area contributed by atoms with Crippen molar-refractivity contribution < 1.29 is 9.53 Å². The maximum Gasteiger partial charge on any atom is 0.223 e. The van der Waals surface area contributed by atoms with Gasteiger partial charge in [-0.15, -0.1) is 0 Å². The van der Waals surface area contributed by atoms with Crippen LogP contribution in [0.5, 0.6) is 5.75 Å². The Morgan fingerprint density at radius 3 is 2.77 bits per heavy atom. The summed E-state index contributed by atoms with van der Waals surface area (Å²) in [5.41, 5.74) is 4.48. The molecule has 0 bridgehead atoms. The van der Waals surface area contributed by atoms with Crippen LogP contribution in [0.4, 0.5) is 0 Å². The van der Waals surface area contributed by atoms with E-state index in [0.717, 1.165) is 54.1 Å². The molecule has 1 fully saturated rings. The van der Waals surface area contributed by atoms with E-state index in [1.54, 1.807) is 0 Å². The zero-order chi connectivity index (χ0) is 21.1. The molecule has 1 aliphatic rings. The number of hydrogen-bond donors (Lipinski definition) is 0. The summed E-state index contributed by atoms with van der Waals surface area (Å²) in [6, 6.07) is 14.5. The third-order valence-corrected chi connectivity index (χ3v) is 5.95. The second kappa shape index (κ2) is 8.90. The number of benzene rings is 2. The fourth-order valence-corrected chi connectivity index (χ4v) is 4.36. The average Bonchev–Trinajstić information content (AvgIpc) is 3.28. The minimum absolute atomic E-state index is 0.142. The van der Waals surface area contributed by atoms with Gasteiger partial charge in [0, 0.05) is 25.4 Å². The summed E-state index contributed by atoms with van der Waals surface area (Å²) in [7, 11) is 0. The molecule has 0 N–H and O–H groups in total. The molecule has 2 aromatic carbocycles. The van der Waals surface area contributed by atoms with Crippen molar-refractivity contribution in [3.05, 3.63) is 59.4 Å². The summed E-state index contributed by atoms with van der Waals surface area (Å²) in [4.78, 5) is 19.4. The van der Waals surface area contributed by atoms with Gasteiger partial charge in [-0.2, -0.15) is 0 Å². The summed E-state index contributed by atoms with van der Waals surface area (Å²) >= 11 is 0. The number of aryl methyl sites for hydroxylation is 2. The fourth-order valence-electron chi connectivity index (χ4n) is 4.36. The molecule has 0 aliphatic carbocycles. The van der Waals surface area contributed by atoms with E-state index in [-0.39, 0.29) is 11.8 Å². The van der Waals surface area contributed by atoms with Gasteiger partial charge in [0.1, 0.15) is 18.2 Å². The number of likely N-dealkylation sites (tertiary alicyclic amines) is 1. The Bertz CT molecular complexity index is 1040. The van der Waals surface area contributed by atoms with Crippen LogP contribution in [0.2, 0.25) is 0 Å². The molecule has 2 heterocycles. The molecule has 3 aromatic rings. The van der Waals surface area contributed by atoms with Gasteiger partial charge in [0.2, 0.25) is 5.91 Å². The van der Waals surface area contributed by atoms with Crippen molar-refractivity contribution in [1.82, 2.24) is 14.5 Å². The number of nitrogens with zero attached hydrogens (tertiary/aromatic N) is 3. The van der Waals surface area contributed by atoms with Gasteiger partial charge in [0.25, 0.3) is 0 Å². The zero-order valence-electron chi connectivity index (χ0n) is 18.2. The highest BCUT2D eigenvalue weighted by Gasteiger charge is 2.33. The number of imidazole rings is 1. The first-order valence-corrected chi connectivity index (χ1v) is 11.0. The number of aromatic nitrogens is 2. The third kappa shape index (κ3) is 4.20. The van der Waals surface area contributed by atoms with Crippen molar-refractivity contribution >= 4 is 16.9 Å². The molecule has 0 unspecified atom stereocenters. The number of hydrogen-bond acceptors (Lipinski definition) is 3. The number of carbonyl (C=O) groups excluding carboxylic acids is 1. The Morgan fingerprint density at radius 1 is 1.13 bits per heavy atom. The standard InChI is InChI=1S/C25H31N3O2/c1-4-5-12-27-17-20(16-24(27)29)25-26-21-8-6-7-9-22(21)28(25)13-14-30-23-11-10-18(2)15-19(23)3/h6-11,15,20H,4-5,12-14,16-17H2,1-3H3/t20-/m1/s1. The molecule has 1 aliphatic heterocycles. The van der Waals surface area contributed by atoms with E-state index in [1.807, 2.05) is 29.2 Å². The van der Waals surface area contributed by atoms with Crippen LogP contribution in [0.1, 0.15) is 49.1 Å². The predicted octanol–water partition coefficient (Wildman–Crippen LogP) is 4.85. The van der Waals surface area contributed by atoms with Crippen LogP contribution >= 0.6 is 0 Å². The van der Waals surface area contributed by atoms with Gasteiger partial charge >= 0.3 is 0 Å². The molecule has 30 heavy (non-hydrogen) atoms. The molecule has 158 valence electrons. The molecule has 1 aromatic heterocycles. The van der Waals surface area contributed by atoms with Crippen molar-refractivity contribution in [2.45, 2.75) is 52.5 Å². The van der Waals surface area contributed by atoms with Crippen LogP contribution in [-0.4, -0.2) is 40.1 Å². The van der Waals surface area contributed by atoms with E-state index >= 15 is 0 Å². The Morgan fingerprint density at radius 2 is 1.97 bits per heavy atom. The van der Waals surface area contributed by atoms with Crippen LogP contribution in [0, 0.1) is 13.8 Å². The van der Waals surface area contributed by atoms with Crippen LogP contribution in [0.15, 0.2) is 42.5 Å². The highest BCUT2D eigenvalue weighted by atomic mass is 16.5. The summed E-state index contributed by atoms with van der Waals surface area (Å²) in [5, 5.41) is 0. The lowest BCUT2D eigenvalue weighted by Crippen LogP contribution is -2.26. The van der Waals surface area contributed by atoms with Gasteiger partial charge in [-0.25, -0.2) is 4.98 Å². The SMILES string of the molecule is CCCCN1C[C@H](c2nc3ccccc3n2CCOc2ccc(C)cc2C)CC1=O. The van der Waals surface area contributed by atoms with Gasteiger partial charge in [0.15, 0.2) is 0 Å². The van der Waals surface area contributed by atoms with Crippen LogP contribution in [0.3, 0.4) is 0 Å². The normalized spacial score (nSPS) is 16.6. The van der Waals surface area contributed by atoms with E-state index in [4.69, 9.17) is 9.72 Å². The average molecular weight is 406 g/mol. The number of rotatable bonds is 8. The highest BCUT2D eigenvalue weighted by Crippen LogP contribution is 2.30. The lowest BCUT2D eigenvalue weighted by Gasteiger charge is -2.17. The molecule has 5 heteroatoms. The van der Waals surface area contributed by atoms with Gasteiger partial charge in [0.05, 0.1) is 17.6 Å². The third-order valence-electron chi connectivity index (χ3n) is 5.95. The number of unbranched alkanes of at least 4 members (excludes halogenated alkanes) is 1. The molecule has 4 rings (SSSR count). The molecule has 1 amide bonds. The molecule has 0 spiro atoms. The Labute approximate surface area is 178 Å². The van der Waals surface area contributed by atoms with Gasteiger partial charge in [-0.1, -0.05) is 43.2 Å². The second-order valence-corrected chi connectivity index (χ2v) is 8.32. The Kier molecular flexibility index (Phi) is 6.07. The van der Waals surface area contributed by atoms with Crippen molar-refractivity contribution in [1.29, 1.82) is 0 Å². The minimum Gasteiger partial charge on any atom is -0.491 e. The van der Waals surface area contributed by atoms with Crippen LogP contribution in [-0.2, 0) is 11.3 Å². The fraction of sp³-hybridized carbons (Fsp3) is 0.440. The van der Waals surface area contributed by atoms with Gasteiger partial charge in [-0.05, 0) is 44.0 Å². The highest BCUT2D eigenvalue weighted by molar-refractivity contribution is 5.80. The van der Waals surface area contributed by atoms with Gasteiger partial charge in [-0.3, -0.25) is 4.79 Å².